The van der Waals surface area contributed by atoms with Crippen LogP contribution in [0.25, 0.3) is 0 Å². The number of aliphatic hydroxyl groups is 1. The van der Waals surface area contributed by atoms with Gasteiger partial charge in [-0.25, -0.2) is 8.42 Å². The molecule has 1 aliphatic rings. The molecule has 7 nitrogen and oxygen atoms in total. The van der Waals surface area contributed by atoms with Gasteiger partial charge in [0, 0.05) is 24.9 Å². The molecule has 0 amide bonds. The molecule has 122 valence electrons. The number of nitro benzene ring substituents is 1. The van der Waals surface area contributed by atoms with Gasteiger partial charge in [-0.3, -0.25) is 10.1 Å². The predicted octanol–water partition coefficient (Wildman–Crippen LogP) is 1.85. The van der Waals surface area contributed by atoms with Crippen LogP contribution in [0.4, 0.5) is 5.69 Å². The number of piperidine rings is 1. The van der Waals surface area contributed by atoms with Crippen LogP contribution < -0.4 is 0 Å². The molecule has 0 aliphatic carbocycles. The van der Waals surface area contributed by atoms with E-state index in [4.69, 9.17) is 5.11 Å². The van der Waals surface area contributed by atoms with Crippen molar-refractivity contribution in [3.8, 4) is 0 Å². The summed E-state index contributed by atoms with van der Waals surface area (Å²) in [6, 6.07) is 3.95. The summed E-state index contributed by atoms with van der Waals surface area (Å²) in [5.74, 6) is 0.319. The first-order valence-electron chi connectivity index (χ1n) is 6.99. The van der Waals surface area contributed by atoms with Gasteiger partial charge in [-0.2, -0.15) is 4.31 Å². The van der Waals surface area contributed by atoms with Crippen LogP contribution in [0.1, 0.15) is 19.3 Å². The highest BCUT2D eigenvalue weighted by atomic mass is 32.2. The fourth-order valence-corrected chi connectivity index (χ4v) is 4.63. The summed E-state index contributed by atoms with van der Waals surface area (Å²) in [6.07, 6.45) is 2.63. The van der Waals surface area contributed by atoms with E-state index >= 15 is 0 Å². The number of nitrogens with zero attached hydrogens (tertiary/aromatic N) is 2. The van der Waals surface area contributed by atoms with Gasteiger partial charge in [0.15, 0.2) is 0 Å². The normalized spacial score (nSPS) is 16.6. The van der Waals surface area contributed by atoms with Crippen LogP contribution in [0.3, 0.4) is 0 Å². The van der Waals surface area contributed by atoms with Gasteiger partial charge < -0.3 is 5.11 Å². The molecule has 1 fully saturated rings. The Bertz CT molecular complexity index is 642. The molecule has 1 N–H and O–H groups in total. The first-order valence-corrected chi connectivity index (χ1v) is 9.41. The molecule has 0 saturated carbocycles. The van der Waals surface area contributed by atoms with Gasteiger partial charge in [0.05, 0.1) is 21.3 Å². The van der Waals surface area contributed by atoms with Crippen molar-refractivity contribution in [3.63, 3.8) is 0 Å². The van der Waals surface area contributed by atoms with Crippen molar-refractivity contribution in [2.75, 3.05) is 25.4 Å². The summed E-state index contributed by atoms with van der Waals surface area (Å²) in [5.41, 5.74) is -0.239. The topological polar surface area (TPSA) is 101 Å². The third-order valence-corrected chi connectivity index (χ3v) is 6.37. The summed E-state index contributed by atoms with van der Waals surface area (Å²) in [6.45, 7) is 0.809. The molecular formula is C13H18N2O5S2. The van der Waals surface area contributed by atoms with Crippen molar-refractivity contribution in [2.24, 2.45) is 0 Å². The zero-order chi connectivity index (χ0) is 16.2. The lowest BCUT2D eigenvalue weighted by Gasteiger charge is -2.25. The molecule has 1 heterocycles. The standard InChI is InChI=1S/C13H18N2O5S2/c16-8-9-21-13-5-4-11(10-12(13)15(17)18)22(19,20)14-6-2-1-3-7-14/h4-5,10,16H,1-3,6-9H2. The minimum atomic E-state index is -3.69. The maximum absolute atomic E-state index is 12.5. The molecule has 0 radical (unpaired) electrons. The molecule has 22 heavy (non-hydrogen) atoms. The first kappa shape index (κ1) is 17.2. The highest BCUT2D eigenvalue weighted by Gasteiger charge is 2.28. The minimum Gasteiger partial charge on any atom is -0.396 e. The average Bonchev–Trinajstić information content (AvgIpc) is 2.53. The number of hydrogen-bond acceptors (Lipinski definition) is 6. The maximum Gasteiger partial charge on any atom is 0.284 e. The van der Waals surface area contributed by atoms with E-state index in [-0.39, 0.29) is 17.2 Å². The number of thioether (sulfide) groups is 1. The summed E-state index contributed by atoms with van der Waals surface area (Å²) < 4.78 is 26.5. The lowest BCUT2D eigenvalue weighted by atomic mass is 10.2. The third-order valence-electron chi connectivity index (χ3n) is 3.43. The Labute approximate surface area is 133 Å². The Hall–Kier alpha value is -1.16. The summed E-state index contributed by atoms with van der Waals surface area (Å²) in [5, 5.41) is 20.0. The van der Waals surface area contributed by atoms with Crippen molar-refractivity contribution in [2.45, 2.75) is 29.1 Å². The highest BCUT2D eigenvalue weighted by molar-refractivity contribution is 7.99. The first-order chi connectivity index (χ1) is 10.5. The monoisotopic (exact) mass is 346 g/mol. The number of aliphatic hydroxyl groups excluding tert-OH is 1. The van der Waals surface area contributed by atoms with Crippen LogP contribution in [0.5, 0.6) is 0 Å². The zero-order valence-corrected chi connectivity index (χ0v) is 13.6. The Morgan fingerprint density at radius 2 is 1.95 bits per heavy atom. The molecule has 2 rings (SSSR count). The number of sulfonamides is 1. The Morgan fingerprint density at radius 3 is 2.55 bits per heavy atom. The molecule has 0 atom stereocenters. The van der Waals surface area contributed by atoms with Crippen molar-refractivity contribution in [1.29, 1.82) is 0 Å². The van der Waals surface area contributed by atoms with Crippen LogP contribution in [-0.2, 0) is 10.0 Å². The van der Waals surface area contributed by atoms with E-state index in [2.05, 4.69) is 0 Å². The molecule has 9 heteroatoms. The lowest BCUT2D eigenvalue weighted by Crippen LogP contribution is -2.35. The van der Waals surface area contributed by atoms with E-state index < -0.39 is 14.9 Å². The molecular weight excluding hydrogens is 328 g/mol. The fourth-order valence-electron chi connectivity index (χ4n) is 2.33. The molecule has 0 aromatic heterocycles. The summed E-state index contributed by atoms with van der Waals surface area (Å²) in [4.78, 5) is 10.9. The molecule has 0 spiro atoms. The van der Waals surface area contributed by atoms with Gasteiger partial charge in [-0.05, 0) is 25.0 Å². The number of nitro groups is 1. The van der Waals surface area contributed by atoms with E-state index in [1.807, 2.05) is 0 Å². The van der Waals surface area contributed by atoms with Gasteiger partial charge in [0.2, 0.25) is 10.0 Å². The molecule has 0 unspecified atom stereocenters. The van der Waals surface area contributed by atoms with Gasteiger partial charge in [0.25, 0.3) is 5.69 Å². The van der Waals surface area contributed by atoms with Crippen molar-refractivity contribution < 1.29 is 18.4 Å². The Balaban J connectivity index is 2.35. The van der Waals surface area contributed by atoms with Crippen LogP contribution in [0.2, 0.25) is 0 Å². The van der Waals surface area contributed by atoms with E-state index in [0.717, 1.165) is 37.1 Å². The van der Waals surface area contributed by atoms with Gasteiger partial charge >= 0.3 is 0 Å². The average molecular weight is 346 g/mol. The lowest BCUT2D eigenvalue weighted by molar-refractivity contribution is -0.388. The molecule has 1 aromatic rings. The van der Waals surface area contributed by atoms with Crippen LogP contribution in [-0.4, -0.2) is 48.2 Å². The molecule has 1 aromatic carbocycles. The van der Waals surface area contributed by atoms with Gasteiger partial charge in [-0.1, -0.05) is 6.42 Å². The van der Waals surface area contributed by atoms with Gasteiger partial charge in [-0.15, -0.1) is 11.8 Å². The summed E-state index contributed by atoms with van der Waals surface area (Å²) in [7, 11) is -3.69. The van der Waals surface area contributed by atoms with Crippen LogP contribution in [0, 0.1) is 10.1 Å². The second-order valence-electron chi connectivity index (χ2n) is 4.92. The zero-order valence-electron chi connectivity index (χ0n) is 12.0. The molecule has 0 bridgehead atoms. The number of benzene rings is 1. The molecule has 1 aliphatic heterocycles. The fraction of sp³-hybridized carbons (Fsp3) is 0.538. The smallest absolute Gasteiger partial charge is 0.284 e. The number of rotatable bonds is 6. The second-order valence-corrected chi connectivity index (χ2v) is 8.00. The Morgan fingerprint density at radius 1 is 1.27 bits per heavy atom. The van der Waals surface area contributed by atoms with Crippen molar-refractivity contribution >= 4 is 27.5 Å². The highest BCUT2D eigenvalue weighted by Crippen LogP contribution is 2.32. The van der Waals surface area contributed by atoms with E-state index in [9.17, 15) is 18.5 Å². The predicted molar refractivity (Wildman–Crippen MR) is 83.5 cm³/mol. The SMILES string of the molecule is O=[N+]([O-])c1cc(S(=O)(=O)N2CCCCC2)ccc1SCCO. The van der Waals surface area contributed by atoms with E-state index in [1.54, 1.807) is 0 Å². The van der Waals surface area contributed by atoms with Crippen molar-refractivity contribution in [1.82, 2.24) is 4.31 Å². The molecule has 1 saturated heterocycles. The van der Waals surface area contributed by atoms with Crippen molar-refractivity contribution in [3.05, 3.63) is 28.3 Å². The number of hydrogen-bond donors (Lipinski definition) is 1. The van der Waals surface area contributed by atoms with E-state index in [1.165, 1.54) is 16.4 Å². The Kier molecular flexibility index (Phi) is 5.79. The maximum atomic E-state index is 12.5. The summed E-state index contributed by atoms with van der Waals surface area (Å²) >= 11 is 1.13. The third kappa shape index (κ3) is 3.78. The van der Waals surface area contributed by atoms with Gasteiger partial charge in [0.1, 0.15) is 0 Å². The second kappa shape index (κ2) is 7.40. The largest absolute Gasteiger partial charge is 0.396 e. The minimum absolute atomic E-state index is 0.0468. The van der Waals surface area contributed by atoms with Crippen LogP contribution >= 0.6 is 11.8 Å². The van der Waals surface area contributed by atoms with E-state index in [0.29, 0.717) is 23.7 Å². The van der Waals surface area contributed by atoms with Crippen LogP contribution in [0.15, 0.2) is 28.0 Å². The quantitative estimate of drug-likeness (QED) is 0.479.